The van der Waals surface area contributed by atoms with Crippen LogP contribution in [0.1, 0.15) is 5.82 Å². The van der Waals surface area contributed by atoms with E-state index in [0.717, 1.165) is 0 Å². The van der Waals surface area contributed by atoms with Crippen LogP contribution in [-0.4, -0.2) is 14.9 Å². The minimum absolute atomic E-state index is 0.371. The maximum atomic E-state index is 12.9. The van der Waals surface area contributed by atoms with Crippen molar-refractivity contribution in [2.75, 3.05) is 0 Å². The van der Waals surface area contributed by atoms with Crippen LogP contribution in [0.3, 0.4) is 0 Å². The molecule has 0 spiro atoms. The number of hydrogen-bond donors (Lipinski definition) is 1. The third-order valence-electron chi connectivity index (χ3n) is 2.00. The van der Waals surface area contributed by atoms with E-state index in [2.05, 4.69) is 4.98 Å². The summed E-state index contributed by atoms with van der Waals surface area (Å²) in [7, 11) is 0. The summed E-state index contributed by atoms with van der Waals surface area (Å²) in [6.07, 6.45) is -4.77. The fraction of sp³-hybridized carbons (Fsp3) is 0.125. The smallest absolute Gasteiger partial charge is 0.334 e. The van der Waals surface area contributed by atoms with E-state index in [0.29, 0.717) is 12.1 Å². The van der Waals surface area contributed by atoms with Crippen molar-refractivity contribution in [2.24, 2.45) is 0 Å². The number of nitrogens with zero attached hydrogens (tertiary/aromatic N) is 2. The maximum Gasteiger partial charge on any atom is 0.449 e. The van der Waals surface area contributed by atoms with Crippen LogP contribution in [0.5, 0.6) is 0 Å². The van der Waals surface area contributed by atoms with E-state index in [1.165, 1.54) is 0 Å². The molecule has 0 saturated heterocycles. The molecule has 0 aliphatic rings. The topological polar surface area (TPSA) is 71.8 Å². The van der Waals surface area contributed by atoms with Gasteiger partial charge in [-0.1, -0.05) is 0 Å². The number of aromatic amines is 1. The number of benzene rings is 1. The number of nitrogens with one attached hydrogen (secondary N) is 1. The molecule has 0 aliphatic carbocycles. The van der Waals surface area contributed by atoms with Crippen LogP contribution in [0.4, 0.5) is 23.2 Å². The molecule has 90 valence electrons. The Balaban J connectivity index is 2.76. The van der Waals surface area contributed by atoms with Crippen LogP contribution in [0.2, 0.25) is 0 Å². The van der Waals surface area contributed by atoms with Gasteiger partial charge in [0.15, 0.2) is 5.52 Å². The summed E-state index contributed by atoms with van der Waals surface area (Å²) in [5.74, 6) is -2.41. The van der Waals surface area contributed by atoms with Gasteiger partial charge in [0.2, 0.25) is 5.82 Å². The first-order valence-corrected chi connectivity index (χ1v) is 4.20. The Labute approximate surface area is 90.2 Å². The Morgan fingerprint density at radius 3 is 2.53 bits per heavy atom. The monoisotopic (exact) mass is 249 g/mol. The van der Waals surface area contributed by atoms with E-state index in [9.17, 15) is 27.7 Å². The quantitative estimate of drug-likeness (QED) is 0.479. The zero-order valence-corrected chi connectivity index (χ0v) is 7.88. The van der Waals surface area contributed by atoms with Gasteiger partial charge in [0.1, 0.15) is 5.82 Å². The minimum Gasteiger partial charge on any atom is -0.334 e. The van der Waals surface area contributed by atoms with Gasteiger partial charge in [0, 0.05) is 6.07 Å². The summed E-state index contributed by atoms with van der Waals surface area (Å²) in [6.45, 7) is 0. The zero-order chi connectivity index (χ0) is 12.8. The number of H-pyrrole nitrogens is 1. The van der Waals surface area contributed by atoms with Crippen molar-refractivity contribution in [3.05, 3.63) is 33.9 Å². The Bertz CT molecular complexity index is 605. The summed E-state index contributed by atoms with van der Waals surface area (Å²) in [5.41, 5.74) is -1.71. The number of aromatic nitrogens is 2. The molecule has 0 radical (unpaired) electrons. The molecule has 2 rings (SSSR count). The molecule has 0 atom stereocenters. The normalized spacial score (nSPS) is 12.0. The SMILES string of the molecule is O=[N+]([O-])c1cc(F)cc2[nH]c(C(F)(F)F)nc12. The number of rotatable bonds is 1. The lowest BCUT2D eigenvalue weighted by Crippen LogP contribution is -2.06. The summed E-state index contributed by atoms with van der Waals surface area (Å²) >= 11 is 0. The Morgan fingerprint density at radius 2 is 2.00 bits per heavy atom. The first kappa shape index (κ1) is 11.3. The Kier molecular flexibility index (Phi) is 2.26. The van der Waals surface area contributed by atoms with E-state index in [4.69, 9.17) is 0 Å². The molecule has 0 aliphatic heterocycles. The second kappa shape index (κ2) is 3.40. The third kappa shape index (κ3) is 1.90. The van der Waals surface area contributed by atoms with Crippen LogP contribution in [-0.2, 0) is 6.18 Å². The van der Waals surface area contributed by atoms with E-state index in [-0.39, 0.29) is 5.52 Å². The molecule has 1 heterocycles. The lowest BCUT2D eigenvalue weighted by atomic mass is 10.2. The molecule has 5 nitrogen and oxygen atoms in total. The molecule has 0 fully saturated rings. The molecule has 2 aromatic rings. The molecule has 1 aromatic heterocycles. The van der Waals surface area contributed by atoms with E-state index in [1.807, 2.05) is 0 Å². The molecule has 1 N–H and O–H groups in total. The molecule has 0 unspecified atom stereocenters. The predicted molar refractivity (Wildman–Crippen MR) is 47.7 cm³/mol. The van der Waals surface area contributed by atoms with Crippen LogP contribution >= 0.6 is 0 Å². The first-order chi connectivity index (χ1) is 7.79. The second-order valence-electron chi connectivity index (χ2n) is 3.16. The number of fused-ring (bicyclic) bond motifs is 1. The number of alkyl halides is 3. The van der Waals surface area contributed by atoms with Gasteiger partial charge < -0.3 is 4.98 Å². The summed E-state index contributed by atoms with van der Waals surface area (Å²) in [5, 5.41) is 10.5. The van der Waals surface area contributed by atoms with Crippen molar-refractivity contribution in [1.82, 2.24) is 9.97 Å². The number of hydrogen-bond acceptors (Lipinski definition) is 3. The second-order valence-corrected chi connectivity index (χ2v) is 3.16. The van der Waals surface area contributed by atoms with Crippen molar-refractivity contribution in [3.63, 3.8) is 0 Å². The largest absolute Gasteiger partial charge is 0.449 e. The highest BCUT2D eigenvalue weighted by Crippen LogP contribution is 2.32. The summed E-state index contributed by atoms with van der Waals surface area (Å²) in [4.78, 5) is 14.4. The Hall–Kier alpha value is -2.19. The number of non-ortho nitro benzene ring substituents is 1. The van der Waals surface area contributed by atoms with Crippen molar-refractivity contribution >= 4 is 16.7 Å². The van der Waals surface area contributed by atoms with Crippen LogP contribution in [0, 0.1) is 15.9 Å². The minimum atomic E-state index is -4.77. The molecule has 0 bridgehead atoms. The van der Waals surface area contributed by atoms with Crippen molar-refractivity contribution < 1.29 is 22.5 Å². The van der Waals surface area contributed by atoms with Crippen molar-refractivity contribution in [2.45, 2.75) is 6.18 Å². The van der Waals surface area contributed by atoms with Crippen LogP contribution < -0.4 is 0 Å². The van der Waals surface area contributed by atoms with Gasteiger partial charge in [-0.3, -0.25) is 10.1 Å². The van der Waals surface area contributed by atoms with E-state index < -0.39 is 33.9 Å². The van der Waals surface area contributed by atoms with Gasteiger partial charge in [-0.25, -0.2) is 9.37 Å². The number of halogens is 4. The van der Waals surface area contributed by atoms with Gasteiger partial charge >= 0.3 is 6.18 Å². The van der Waals surface area contributed by atoms with Crippen LogP contribution in [0.25, 0.3) is 11.0 Å². The van der Waals surface area contributed by atoms with Crippen molar-refractivity contribution in [1.29, 1.82) is 0 Å². The lowest BCUT2D eigenvalue weighted by molar-refractivity contribution is -0.383. The molecular weight excluding hydrogens is 246 g/mol. The van der Waals surface area contributed by atoms with Crippen molar-refractivity contribution in [3.8, 4) is 0 Å². The Morgan fingerprint density at radius 1 is 1.35 bits per heavy atom. The number of imidazole rings is 1. The summed E-state index contributed by atoms with van der Waals surface area (Å²) in [6, 6.07) is 1.23. The van der Waals surface area contributed by atoms with E-state index >= 15 is 0 Å². The molecule has 0 amide bonds. The molecule has 9 heteroatoms. The fourth-order valence-electron chi connectivity index (χ4n) is 1.34. The molecule has 0 saturated carbocycles. The zero-order valence-electron chi connectivity index (χ0n) is 7.88. The summed E-state index contributed by atoms with van der Waals surface area (Å²) < 4.78 is 49.8. The van der Waals surface area contributed by atoms with Gasteiger partial charge in [0.25, 0.3) is 5.69 Å². The predicted octanol–water partition coefficient (Wildman–Crippen LogP) is 2.63. The van der Waals surface area contributed by atoms with Crippen LogP contribution in [0.15, 0.2) is 12.1 Å². The number of nitro groups is 1. The van der Waals surface area contributed by atoms with Gasteiger partial charge in [-0.05, 0) is 0 Å². The number of nitro benzene ring substituents is 1. The molecular formula is C8H3F4N3O2. The highest BCUT2D eigenvalue weighted by atomic mass is 19.4. The first-order valence-electron chi connectivity index (χ1n) is 4.20. The fourth-order valence-corrected chi connectivity index (χ4v) is 1.34. The average molecular weight is 249 g/mol. The van der Waals surface area contributed by atoms with Gasteiger partial charge in [-0.2, -0.15) is 13.2 Å². The molecule has 17 heavy (non-hydrogen) atoms. The van der Waals surface area contributed by atoms with Gasteiger partial charge in [-0.15, -0.1) is 0 Å². The lowest BCUT2D eigenvalue weighted by Gasteiger charge is -1.98. The molecule has 1 aromatic carbocycles. The third-order valence-corrected chi connectivity index (χ3v) is 2.00. The highest BCUT2D eigenvalue weighted by Gasteiger charge is 2.36. The standard InChI is InChI=1S/C8H3F4N3O2/c9-3-1-4-6(5(2-3)15(16)17)14-7(13-4)8(10,11)12/h1-2H,(H,13,14). The van der Waals surface area contributed by atoms with E-state index in [1.54, 1.807) is 4.98 Å². The highest BCUT2D eigenvalue weighted by molar-refractivity contribution is 5.84. The van der Waals surface area contributed by atoms with Gasteiger partial charge in [0.05, 0.1) is 16.5 Å². The average Bonchev–Trinajstić information content (AvgIpc) is 2.58. The maximum absolute atomic E-state index is 12.9.